The fraction of sp³-hybridized carbons (Fsp3) is 0.379. The molecule has 2 aromatic heterocycles. The summed E-state index contributed by atoms with van der Waals surface area (Å²) < 4.78 is 18.3. The summed E-state index contributed by atoms with van der Waals surface area (Å²) in [6.45, 7) is -0.0394. The van der Waals surface area contributed by atoms with E-state index < -0.39 is 6.04 Å². The van der Waals surface area contributed by atoms with Crippen molar-refractivity contribution in [3.8, 4) is 11.5 Å². The molecule has 1 fully saturated rings. The molecule has 1 atom stereocenters. The van der Waals surface area contributed by atoms with E-state index in [1.54, 1.807) is 55.5 Å². The summed E-state index contributed by atoms with van der Waals surface area (Å²) in [5, 5.41) is 11.6. The maximum atomic E-state index is 14.1. The number of hydrogen-bond donors (Lipinski definition) is 1. The zero-order valence-corrected chi connectivity index (χ0v) is 22.2. The van der Waals surface area contributed by atoms with Crippen molar-refractivity contribution in [3.05, 3.63) is 72.2 Å². The Balaban J connectivity index is 1.56. The van der Waals surface area contributed by atoms with E-state index in [1.807, 2.05) is 24.3 Å². The lowest BCUT2D eigenvalue weighted by molar-refractivity contribution is -0.143. The zero-order chi connectivity index (χ0) is 27.2. The molecule has 1 N–H and O–H groups in total. The summed E-state index contributed by atoms with van der Waals surface area (Å²) in [5.74, 6) is 0.966. The van der Waals surface area contributed by atoms with Gasteiger partial charge in [0.25, 0.3) is 0 Å². The van der Waals surface area contributed by atoms with Gasteiger partial charge in [0.05, 0.1) is 32.5 Å². The van der Waals surface area contributed by atoms with Crippen LogP contribution in [0.5, 0.6) is 11.5 Å². The Morgan fingerprint density at radius 1 is 1.08 bits per heavy atom. The summed E-state index contributed by atoms with van der Waals surface area (Å²) in [5.41, 5.74) is 1.93. The first kappa shape index (κ1) is 26.3. The van der Waals surface area contributed by atoms with Gasteiger partial charge in [-0.15, -0.1) is 5.10 Å². The van der Waals surface area contributed by atoms with Gasteiger partial charge in [-0.2, -0.15) is 0 Å². The van der Waals surface area contributed by atoms with Crippen LogP contribution in [0.1, 0.15) is 49.5 Å². The molecule has 2 amide bonds. The van der Waals surface area contributed by atoms with Gasteiger partial charge < -0.3 is 24.1 Å². The maximum absolute atomic E-state index is 14.1. The summed E-state index contributed by atoms with van der Waals surface area (Å²) >= 11 is 0. The number of hydrogen-bond acceptors (Lipinski definition) is 7. The van der Waals surface area contributed by atoms with Crippen LogP contribution in [0, 0.1) is 0 Å². The van der Waals surface area contributed by atoms with Crippen LogP contribution in [0.3, 0.4) is 0 Å². The Bertz CT molecular complexity index is 1410. The number of fused-ring (bicyclic) bond motifs is 1. The lowest BCUT2D eigenvalue weighted by Crippen LogP contribution is -2.47. The normalized spacial score (nSPS) is 14.6. The number of benzene rings is 2. The highest BCUT2D eigenvalue weighted by molar-refractivity contribution is 5.90. The third-order valence-corrected chi connectivity index (χ3v) is 7.17. The Kier molecular flexibility index (Phi) is 8.10. The number of ether oxygens (including phenoxy) is 2. The van der Waals surface area contributed by atoms with Gasteiger partial charge >= 0.3 is 0 Å². The molecule has 10 nitrogen and oxygen atoms in total. The van der Waals surface area contributed by atoms with Gasteiger partial charge in [0.2, 0.25) is 11.8 Å². The lowest BCUT2D eigenvalue weighted by Gasteiger charge is -2.33. The third kappa shape index (κ3) is 5.89. The van der Waals surface area contributed by atoms with Crippen molar-refractivity contribution in [3.63, 3.8) is 0 Å². The molecule has 1 unspecified atom stereocenters. The average Bonchev–Trinajstić information content (AvgIpc) is 3.63. The number of furan rings is 1. The second kappa shape index (κ2) is 12.0. The highest BCUT2D eigenvalue weighted by Gasteiger charge is 2.36. The monoisotopic (exact) mass is 531 g/mol. The highest BCUT2D eigenvalue weighted by atomic mass is 16.5. The Hall–Kier alpha value is -4.34. The number of nitrogens with zero attached hydrogens (tertiary/aromatic N) is 4. The molecular formula is C29H33N5O5. The van der Waals surface area contributed by atoms with Crippen LogP contribution in [0.15, 0.2) is 65.3 Å². The van der Waals surface area contributed by atoms with Crippen LogP contribution in [0.2, 0.25) is 0 Å². The molecule has 10 heteroatoms. The molecule has 0 saturated heterocycles. The van der Waals surface area contributed by atoms with E-state index in [2.05, 4.69) is 15.6 Å². The number of carbonyl (C=O) groups is 2. The summed E-state index contributed by atoms with van der Waals surface area (Å²) in [7, 11) is 3.10. The first-order valence-electron chi connectivity index (χ1n) is 13.2. The largest absolute Gasteiger partial charge is 0.497 e. The van der Waals surface area contributed by atoms with Crippen molar-refractivity contribution in [1.29, 1.82) is 0 Å². The molecule has 1 saturated carbocycles. The molecule has 5 rings (SSSR count). The molecule has 0 radical (unpaired) electrons. The van der Waals surface area contributed by atoms with Gasteiger partial charge in [-0.05, 0) is 55.3 Å². The number of methoxy groups -OCH3 is 2. The van der Waals surface area contributed by atoms with E-state index in [0.29, 0.717) is 28.3 Å². The Labute approximate surface area is 226 Å². The zero-order valence-electron chi connectivity index (χ0n) is 22.2. The van der Waals surface area contributed by atoms with Gasteiger partial charge in [-0.3, -0.25) is 9.59 Å². The SMILES string of the molecule is COc1ccc(OC)c(C(C(=O)NC2CCCCC2)N(Cc2ccco2)C(=O)Cn2nnc3ccccc32)c1. The number of para-hydroxylation sites is 1. The van der Waals surface area contributed by atoms with Gasteiger partial charge in [0.15, 0.2) is 0 Å². The molecule has 4 aromatic rings. The van der Waals surface area contributed by atoms with Crippen molar-refractivity contribution in [2.45, 2.75) is 57.3 Å². The number of amides is 2. The van der Waals surface area contributed by atoms with Crippen molar-refractivity contribution in [2.75, 3.05) is 14.2 Å². The van der Waals surface area contributed by atoms with Crippen molar-refractivity contribution >= 4 is 22.8 Å². The molecule has 204 valence electrons. The molecular weight excluding hydrogens is 498 g/mol. The van der Waals surface area contributed by atoms with Gasteiger partial charge in [0, 0.05) is 11.6 Å². The highest BCUT2D eigenvalue weighted by Crippen LogP contribution is 2.35. The van der Waals surface area contributed by atoms with Crippen LogP contribution in [0.4, 0.5) is 0 Å². The van der Waals surface area contributed by atoms with E-state index in [4.69, 9.17) is 13.9 Å². The second-order valence-corrected chi connectivity index (χ2v) is 9.69. The quantitative estimate of drug-likeness (QED) is 0.325. The smallest absolute Gasteiger partial charge is 0.247 e. The fourth-order valence-corrected chi connectivity index (χ4v) is 5.18. The van der Waals surface area contributed by atoms with Crippen molar-refractivity contribution < 1.29 is 23.5 Å². The first-order chi connectivity index (χ1) is 19.1. The summed E-state index contributed by atoms with van der Waals surface area (Å²) in [6, 6.07) is 15.3. The molecule has 1 aliphatic carbocycles. The Morgan fingerprint density at radius 2 is 1.90 bits per heavy atom. The van der Waals surface area contributed by atoms with Crippen LogP contribution >= 0.6 is 0 Å². The molecule has 0 bridgehead atoms. The van der Waals surface area contributed by atoms with E-state index in [1.165, 1.54) is 4.90 Å². The Morgan fingerprint density at radius 3 is 2.64 bits per heavy atom. The maximum Gasteiger partial charge on any atom is 0.247 e. The number of nitrogens with one attached hydrogen (secondary N) is 1. The molecule has 1 aliphatic rings. The molecule has 0 spiro atoms. The van der Waals surface area contributed by atoms with Crippen molar-refractivity contribution in [2.24, 2.45) is 0 Å². The predicted molar refractivity (Wildman–Crippen MR) is 144 cm³/mol. The summed E-state index contributed by atoms with van der Waals surface area (Å²) in [4.78, 5) is 29.7. The number of aromatic nitrogens is 3. The minimum Gasteiger partial charge on any atom is -0.497 e. The molecule has 0 aliphatic heterocycles. The average molecular weight is 532 g/mol. The van der Waals surface area contributed by atoms with Crippen LogP contribution in [0.25, 0.3) is 11.0 Å². The fourth-order valence-electron chi connectivity index (χ4n) is 5.18. The first-order valence-corrected chi connectivity index (χ1v) is 13.2. The summed E-state index contributed by atoms with van der Waals surface area (Å²) in [6.07, 6.45) is 6.65. The predicted octanol–water partition coefficient (Wildman–Crippen LogP) is 4.26. The number of rotatable bonds is 10. The number of carbonyl (C=O) groups excluding carboxylic acids is 2. The van der Waals surface area contributed by atoms with Gasteiger partial charge in [-0.25, -0.2) is 4.68 Å². The third-order valence-electron chi connectivity index (χ3n) is 7.17. The minimum atomic E-state index is -1.01. The molecule has 39 heavy (non-hydrogen) atoms. The van der Waals surface area contributed by atoms with E-state index >= 15 is 0 Å². The standard InChI is InChI=1S/C29H33N5O5/c1-37-21-14-15-26(38-2)23(17-21)28(29(36)30-20-9-4-3-5-10-20)33(18-22-11-8-16-39-22)27(35)19-34-25-13-7-6-12-24(25)31-32-34/h6-8,11-17,20,28H,3-5,9-10,18-19H2,1-2H3,(H,30,36). The minimum absolute atomic E-state index is 0.0465. The second-order valence-electron chi connectivity index (χ2n) is 9.69. The molecule has 2 heterocycles. The van der Waals surface area contributed by atoms with Crippen LogP contribution in [-0.4, -0.2) is 52.0 Å². The van der Waals surface area contributed by atoms with Crippen LogP contribution in [-0.2, 0) is 22.7 Å². The van der Waals surface area contributed by atoms with E-state index in [-0.39, 0.29) is 30.9 Å². The van der Waals surface area contributed by atoms with Crippen molar-refractivity contribution in [1.82, 2.24) is 25.2 Å². The van der Waals surface area contributed by atoms with Crippen LogP contribution < -0.4 is 14.8 Å². The van der Waals surface area contributed by atoms with E-state index in [9.17, 15) is 9.59 Å². The molecule has 2 aromatic carbocycles. The van der Waals surface area contributed by atoms with Gasteiger partial charge in [0.1, 0.15) is 35.4 Å². The topological polar surface area (TPSA) is 112 Å². The lowest BCUT2D eigenvalue weighted by atomic mass is 9.94. The van der Waals surface area contributed by atoms with Gasteiger partial charge in [-0.1, -0.05) is 36.6 Å². The van der Waals surface area contributed by atoms with E-state index in [0.717, 1.165) is 37.6 Å².